The van der Waals surface area contributed by atoms with Crippen molar-refractivity contribution in [2.24, 2.45) is 0 Å². The monoisotopic (exact) mass is 241 g/mol. The minimum absolute atomic E-state index is 0.111. The second-order valence-corrected chi connectivity index (χ2v) is 5.12. The van der Waals surface area contributed by atoms with Gasteiger partial charge < -0.3 is 14.5 Å². The number of hydrogen-bond donors (Lipinski definition) is 0. The van der Waals surface area contributed by atoms with Crippen LogP contribution in [0, 0.1) is 0 Å². The van der Waals surface area contributed by atoms with Crippen molar-refractivity contribution in [2.75, 3.05) is 60.0 Å². The normalized spacial score (nSPS) is 28.0. The van der Waals surface area contributed by atoms with Crippen molar-refractivity contribution in [3.63, 3.8) is 0 Å². The molecule has 2 fully saturated rings. The van der Waals surface area contributed by atoms with Crippen molar-refractivity contribution in [3.8, 4) is 0 Å². The van der Waals surface area contributed by atoms with E-state index in [9.17, 15) is 4.79 Å². The Bertz CT molecular complexity index is 264. The zero-order chi connectivity index (χ0) is 12.3. The summed E-state index contributed by atoms with van der Waals surface area (Å²) < 4.78 is 5.76. The van der Waals surface area contributed by atoms with Gasteiger partial charge in [0.1, 0.15) is 0 Å². The molecule has 0 N–H and O–H groups in total. The zero-order valence-electron chi connectivity index (χ0n) is 10.9. The molecule has 5 heteroatoms. The molecule has 1 unspecified atom stereocenters. The van der Waals surface area contributed by atoms with Gasteiger partial charge in [-0.3, -0.25) is 9.69 Å². The highest BCUT2D eigenvalue weighted by Crippen LogP contribution is 2.12. The topological polar surface area (TPSA) is 36.0 Å². The summed E-state index contributed by atoms with van der Waals surface area (Å²) in [6.07, 6.45) is 0.666. The molecule has 0 radical (unpaired) electrons. The van der Waals surface area contributed by atoms with Gasteiger partial charge in [-0.1, -0.05) is 0 Å². The average Bonchev–Trinajstić information content (AvgIpc) is 2.61. The molecule has 2 rings (SSSR count). The van der Waals surface area contributed by atoms with Gasteiger partial charge in [0.15, 0.2) is 0 Å². The van der Waals surface area contributed by atoms with Crippen molar-refractivity contribution < 1.29 is 9.53 Å². The van der Waals surface area contributed by atoms with Gasteiger partial charge >= 0.3 is 0 Å². The number of piperazine rings is 1. The second-order valence-electron chi connectivity index (χ2n) is 5.12. The van der Waals surface area contributed by atoms with E-state index in [1.54, 1.807) is 4.90 Å². The Hall–Kier alpha value is -0.650. The molecule has 1 amide bonds. The van der Waals surface area contributed by atoms with Crippen molar-refractivity contribution in [1.29, 1.82) is 0 Å². The maximum atomic E-state index is 11.3. The molecular weight excluding hydrogens is 218 g/mol. The smallest absolute Gasteiger partial charge is 0.225 e. The molecule has 0 aromatic heterocycles. The fourth-order valence-corrected chi connectivity index (χ4v) is 2.35. The number of likely N-dealkylation sites (tertiary alicyclic amines) is 1. The molecule has 0 aromatic carbocycles. The number of carbonyl (C=O) groups is 1. The fraction of sp³-hybridized carbons (Fsp3) is 0.917. The summed E-state index contributed by atoms with van der Waals surface area (Å²) in [6.45, 7) is 7.03. The van der Waals surface area contributed by atoms with Crippen LogP contribution in [0.25, 0.3) is 0 Å². The third-order valence-electron chi connectivity index (χ3n) is 3.66. The van der Waals surface area contributed by atoms with Crippen molar-refractivity contribution >= 4 is 5.91 Å². The molecule has 2 saturated heterocycles. The van der Waals surface area contributed by atoms with Crippen LogP contribution in [-0.2, 0) is 9.53 Å². The lowest BCUT2D eigenvalue weighted by atomic mass is 10.3. The number of likely N-dealkylation sites (N-methyl/N-ethyl adjacent to an activating group) is 2. The van der Waals surface area contributed by atoms with Crippen molar-refractivity contribution in [1.82, 2.24) is 14.7 Å². The standard InChI is InChI=1S/C12H23N3O2/c1-13-3-5-15(6-4-13)7-8-17-11-9-12(16)14(2)10-11/h11H,3-10H2,1-2H3. The van der Waals surface area contributed by atoms with Crippen molar-refractivity contribution in [2.45, 2.75) is 12.5 Å². The highest BCUT2D eigenvalue weighted by Gasteiger charge is 2.27. The molecule has 2 aliphatic rings. The summed E-state index contributed by atoms with van der Waals surface area (Å²) in [7, 11) is 4.00. The molecule has 0 bridgehead atoms. The minimum atomic E-state index is 0.111. The van der Waals surface area contributed by atoms with Crippen LogP contribution in [0.4, 0.5) is 0 Å². The van der Waals surface area contributed by atoms with Gasteiger partial charge in [-0.2, -0.15) is 0 Å². The SMILES string of the molecule is CN1CCN(CCOC2CC(=O)N(C)C2)CC1. The number of ether oxygens (including phenoxy) is 1. The average molecular weight is 241 g/mol. The summed E-state index contributed by atoms with van der Waals surface area (Å²) in [5.74, 6) is 0.203. The van der Waals surface area contributed by atoms with E-state index in [1.165, 1.54) is 0 Å². The molecule has 0 aliphatic carbocycles. The van der Waals surface area contributed by atoms with E-state index in [-0.39, 0.29) is 12.0 Å². The molecule has 2 aliphatic heterocycles. The first kappa shape index (κ1) is 12.8. The van der Waals surface area contributed by atoms with Crippen LogP contribution in [0.15, 0.2) is 0 Å². The van der Waals surface area contributed by atoms with Gasteiger partial charge in [0.25, 0.3) is 0 Å². The van der Waals surface area contributed by atoms with Gasteiger partial charge in [0.05, 0.1) is 19.1 Å². The summed E-state index contributed by atoms with van der Waals surface area (Å²) in [6, 6.07) is 0. The van der Waals surface area contributed by atoms with E-state index in [4.69, 9.17) is 4.74 Å². The molecular formula is C12H23N3O2. The van der Waals surface area contributed by atoms with Crippen LogP contribution < -0.4 is 0 Å². The van der Waals surface area contributed by atoms with Gasteiger partial charge in [-0.15, -0.1) is 0 Å². The molecule has 0 spiro atoms. The fourth-order valence-electron chi connectivity index (χ4n) is 2.35. The minimum Gasteiger partial charge on any atom is -0.375 e. The van der Waals surface area contributed by atoms with Gasteiger partial charge in [0, 0.05) is 46.3 Å². The Morgan fingerprint density at radius 2 is 1.94 bits per heavy atom. The van der Waals surface area contributed by atoms with E-state index in [2.05, 4.69) is 16.8 Å². The zero-order valence-corrected chi connectivity index (χ0v) is 10.9. The van der Waals surface area contributed by atoms with Crippen LogP contribution in [0.1, 0.15) is 6.42 Å². The first-order valence-corrected chi connectivity index (χ1v) is 6.41. The van der Waals surface area contributed by atoms with Gasteiger partial charge in [-0.25, -0.2) is 0 Å². The Morgan fingerprint density at radius 1 is 1.24 bits per heavy atom. The Morgan fingerprint density at radius 3 is 2.53 bits per heavy atom. The predicted octanol–water partition coefficient (Wildman–Crippen LogP) is -0.519. The molecule has 98 valence electrons. The van der Waals surface area contributed by atoms with Crippen LogP contribution in [0.2, 0.25) is 0 Å². The van der Waals surface area contributed by atoms with E-state index in [0.29, 0.717) is 6.42 Å². The highest BCUT2D eigenvalue weighted by atomic mass is 16.5. The number of amides is 1. The maximum Gasteiger partial charge on any atom is 0.225 e. The predicted molar refractivity (Wildman–Crippen MR) is 65.9 cm³/mol. The third-order valence-corrected chi connectivity index (χ3v) is 3.66. The maximum absolute atomic E-state index is 11.3. The Balaban J connectivity index is 1.59. The summed E-state index contributed by atoms with van der Waals surface area (Å²) in [4.78, 5) is 17.8. The third kappa shape index (κ3) is 3.66. The first-order chi connectivity index (χ1) is 8.15. The highest BCUT2D eigenvalue weighted by molar-refractivity contribution is 5.78. The molecule has 0 saturated carbocycles. The van der Waals surface area contributed by atoms with Gasteiger partial charge in [-0.05, 0) is 7.05 Å². The summed E-state index contributed by atoms with van der Waals surface area (Å²) >= 11 is 0. The molecule has 17 heavy (non-hydrogen) atoms. The molecule has 1 atom stereocenters. The van der Waals surface area contributed by atoms with Gasteiger partial charge in [0.2, 0.25) is 5.91 Å². The lowest BCUT2D eigenvalue weighted by Crippen LogP contribution is -2.45. The molecule has 2 heterocycles. The second kappa shape index (κ2) is 5.80. The summed E-state index contributed by atoms with van der Waals surface area (Å²) in [5, 5.41) is 0. The molecule has 5 nitrogen and oxygen atoms in total. The number of rotatable bonds is 4. The van der Waals surface area contributed by atoms with E-state index in [1.807, 2.05) is 7.05 Å². The number of carbonyl (C=O) groups excluding carboxylic acids is 1. The van der Waals surface area contributed by atoms with E-state index >= 15 is 0 Å². The van der Waals surface area contributed by atoms with Crippen LogP contribution >= 0.6 is 0 Å². The quantitative estimate of drug-likeness (QED) is 0.664. The first-order valence-electron chi connectivity index (χ1n) is 6.41. The Labute approximate surface area is 103 Å². The number of hydrogen-bond acceptors (Lipinski definition) is 4. The molecule has 0 aromatic rings. The van der Waals surface area contributed by atoms with E-state index in [0.717, 1.165) is 45.9 Å². The number of nitrogens with zero attached hydrogens (tertiary/aromatic N) is 3. The summed E-state index contributed by atoms with van der Waals surface area (Å²) in [5.41, 5.74) is 0. The lowest BCUT2D eigenvalue weighted by molar-refractivity contribution is -0.126. The van der Waals surface area contributed by atoms with E-state index < -0.39 is 0 Å². The lowest BCUT2D eigenvalue weighted by Gasteiger charge is -2.32. The van der Waals surface area contributed by atoms with Crippen molar-refractivity contribution in [3.05, 3.63) is 0 Å². The largest absolute Gasteiger partial charge is 0.375 e. The Kier molecular flexibility index (Phi) is 4.36. The van der Waals surface area contributed by atoms with Crippen LogP contribution in [0.5, 0.6) is 0 Å². The van der Waals surface area contributed by atoms with Crippen LogP contribution in [-0.4, -0.2) is 86.7 Å². The van der Waals surface area contributed by atoms with Crippen LogP contribution in [0.3, 0.4) is 0 Å².